The molecule has 0 aliphatic carbocycles. The Labute approximate surface area is 174 Å². The molecule has 29 heavy (non-hydrogen) atoms. The minimum absolute atomic E-state index is 0.0594. The Bertz CT molecular complexity index is 698. The summed E-state index contributed by atoms with van der Waals surface area (Å²) in [7, 11) is 0. The van der Waals surface area contributed by atoms with Crippen molar-refractivity contribution in [2.24, 2.45) is 0 Å². The molecular formula is C17H29ClN8O3. The van der Waals surface area contributed by atoms with Crippen LogP contribution in [0.5, 0.6) is 0 Å². The molecule has 0 saturated carbocycles. The number of ether oxygens (including phenoxy) is 1. The highest BCUT2D eigenvalue weighted by molar-refractivity contribution is 6.31. The number of carbonyl (C=O) groups excluding carboxylic acids is 1. The lowest BCUT2D eigenvalue weighted by atomic mass is 10.1. The number of amides is 1. The molecule has 1 aliphatic rings. The molecule has 11 nitrogen and oxygen atoms in total. The number of aliphatic hydroxyl groups excluding tert-OH is 1. The van der Waals surface area contributed by atoms with E-state index in [2.05, 4.69) is 25.5 Å². The van der Waals surface area contributed by atoms with Crippen molar-refractivity contribution in [2.75, 3.05) is 50.9 Å². The summed E-state index contributed by atoms with van der Waals surface area (Å²) in [5.41, 5.74) is 10.9. The van der Waals surface area contributed by atoms with Gasteiger partial charge in [-0.3, -0.25) is 15.5 Å². The number of rotatable bonds is 9. The Balaban J connectivity index is 1.59. The number of guanidine groups is 1. The van der Waals surface area contributed by atoms with Gasteiger partial charge >= 0.3 is 0 Å². The second-order valence-electron chi connectivity index (χ2n) is 6.73. The Morgan fingerprint density at radius 3 is 2.69 bits per heavy atom. The summed E-state index contributed by atoms with van der Waals surface area (Å²) < 4.78 is 5.56. The van der Waals surface area contributed by atoms with E-state index in [9.17, 15) is 4.79 Å². The third-order valence-corrected chi connectivity index (χ3v) is 4.82. The molecular weight excluding hydrogens is 400 g/mol. The smallest absolute Gasteiger partial charge is 0.280 e. The Kier molecular flexibility index (Phi) is 9.32. The number of nitrogens with zero attached hydrogens (tertiary/aromatic N) is 3. The van der Waals surface area contributed by atoms with Gasteiger partial charge in [-0.05, 0) is 32.2 Å². The van der Waals surface area contributed by atoms with Gasteiger partial charge in [-0.15, -0.1) is 0 Å². The summed E-state index contributed by atoms with van der Waals surface area (Å²) >= 11 is 5.75. The van der Waals surface area contributed by atoms with Gasteiger partial charge in [0.2, 0.25) is 0 Å². The Morgan fingerprint density at radius 1 is 1.28 bits per heavy atom. The second kappa shape index (κ2) is 11.7. The van der Waals surface area contributed by atoms with Crippen LogP contribution in [0.2, 0.25) is 5.15 Å². The van der Waals surface area contributed by atoms with Crippen LogP contribution < -0.4 is 22.1 Å². The van der Waals surface area contributed by atoms with Crippen LogP contribution in [0.25, 0.3) is 0 Å². The number of nitrogens with one attached hydrogen (secondary N) is 3. The molecule has 1 saturated heterocycles. The summed E-state index contributed by atoms with van der Waals surface area (Å²) in [6.45, 7) is 3.98. The SMILES string of the molecule is N=C(NCCCCN1CCC(OCCO)CC1)NC(=O)c1nc(Cl)c(N)nc1N. The summed E-state index contributed by atoms with van der Waals surface area (Å²) in [5, 5.41) is 21.7. The normalized spacial score (nSPS) is 15.2. The molecule has 1 aliphatic heterocycles. The van der Waals surface area contributed by atoms with Crippen LogP contribution in [0.1, 0.15) is 36.2 Å². The quantitative estimate of drug-likeness (QED) is 0.177. The van der Waals surface area contributed by atoms with E-state index < -0.39 is 5.91 Å². The molecule has 8 N–H and O–H groups in total. The van der Waals surface area contributed by atoms with Crippen molar-refractivity contribution in [2.45, 2.75) is 31.8 Å². The number of carbonyl (C=O) groups is 1. The predicted octanol–water partition coefficient (Wildman–Crippen LogP) is -0.198. The number of piperidine rings is 1. The first-order valence-corrected chi connectivity index (χ1v) is 9.95. The fourth-order valence-electron chi connectivity index (χ4n) is 3.02. The first-order valence-electron chi connectivity index (χ1n) is 9.57. The zero-order valence-corrected chi connectivity index (χ0v) is 17.0. The van der Waals surface area contributed by atoms with Gasteiger partial charge in [0, 0.05) is 19.6 Å². The molecule has 2 heterocycles. The molecule has 12 heteroatoms. The maximum absolute atomic E-state index is 12.1. The zero-order chi connectivity index (χ0) is 21.2. The molecule has 0 spiro atoms. The number of halogens is 1. The van der Waals surface area contributed by atoms with E-state index in [0.29, 0.717) is 13.2 Å². The number of anilines is 2. The van der Waals surface area contributed by atoms with Gasteiger partial charge < -0.3 is 31.5 Å². The van der Waals surface area contributed by atoms with Crippen LogP contribution >= 0.6 is 11.6 Å². The van der Waals surface area contributed by atoms with E-state index in [-0.39, 0.29) is 41.2 Å². The van der Waals surface area contributed by atoms with E-state index in [4.69, 9.17) is 38.3 Å². The third-order valence-electron chi connectivity index (χ3n) is 4.54. The number of aromatic nitrogens is 2. The van der Waals surface area contributed by atoms with Crippen molar-refractivity contribution in [3.05, 3.63) is 10.8 Å². The molecule has 0 unspecified atom stereocenters. The van der Waals surface area contributed by atoms with Gasteiger partial charge in [0.05, 0.1) is 19.3 Å². The van der Waals surface area contributed by atoms with Crippen molar-refractivity contribution in [1.29, 1.82) is 5.41 Å². The minimum atomic E-state index is -0.680. The topological polar surface area (TPSA) is 176 Å². The fraction of sp³-hybridized carbons (Fsp3) is 0.647. The Morgan fingerprint density at radius 2 is 2.00 bits per heavy atom. The van der Waals surface area contributed by atoms with Crippen molar-refractivity contribution < 1.29 is 14.6 Å². The lowest BCUT2D eigenvalue weighted by Gasteiger charge is -2.31. The van der Waals surface area contributed by atoms with E-state index in [1.54, 1.807) is 0 Å². The standard InChI is InChI=1S/C17H29ClN8O3/c18-13-15(20)24-14(19)12(23-13)16(28)25-17(21)22-5-1-2-6-26-7-3-11(4-8-26)29-10-9-27/h11,27H,1-10H2,(H4,19,20,24)(H3,21,22,25,28). The fourth-order valence-corrected chi connectivity index (χ4v) is 3.15. The van der Waals surface area contributed by atoms with Gasteiger partial charge in [0.25, 0.3) is 5.91 Å². The van der Waals surface area contributed by atoms with Gasteiger partial charge in [0.1, 0.15) is 0 Å². The molecule has 2 rings (SSSR count). The van der Waals surface area contributed by atoms with Crippen LogP contribution in [-0.2, 0) is 4.74 Å². The number of hydrogen-bond donors (Lipinski definition) is 6. The highest BCUT2D eigenvalue weighted by Gasteiger charge is 2.19. The number of nitrogens with two attached hydrogens (primary N) is 2. The van der Waals surface area contributed by atoms with Crippen LogP contribution in [-0.4, -0.2) is 77.3 Å². The monoisotopic (exact) mass is 428 g/mol. The largest absolute Gasteiger partial charge is 0.394 e. The molecule has 0 radical (unpaired) electrons. The van der Waals surface area contributed by atoms with Gasteiger partial charge in [-0.25, -0.2) is 9.97 Å². The van der Waals surface area contributed by atoms with Gasteiger partial charge in [-0.1, -0.05) is 11.6 Å². The van der Waals surface area contributed by atoms with Crippen LogP contribution in [0.15, 0.2) is 0 Å². The van der Waals surface area contributed by atoms with Crippen molar-refractivity contribution in [1.82, 2.24) is 25.5 Å². The average molecular weight is 429 g/mol. The number of nitrogen functional groups attached to an aromatic ring is 2. The third kappa shape index (κ3) is 7.61. The van der Waals surface area contributed by atoms with Gasteiger partial charge in [0.15, 0.2) is 28.4 Å². The zero-order valence-electron chi connectivity index (χ0n) is 16.3. The second-order valence-corrected chi connectivity index (χ2v) is 7.09. The highest BCUT2D eigenvalue weighted by Crippen LogP contribution is 2.17. The van der Waals surface area contributed by atoms with Crippen molar-refractivity contribution in [3.63, 3.8) is 0 Å². The number of likely N-dealkylation sites (tertiary alicyclic amines) is 1. The highest BCUT2D eigenvalue weighted by atomic mass is 35.5. The lowest BCUT2D eigenvalue weighted by molar-refractivity contribution is -0.00785. The summed E-state index contributed by atoms with van der Waals surface area (Å²) in [6, 6.07) is 0. The number of aliphatic hydroxyl groups is 1. The predicted molar refractivity (Wildman–Crippen MR) is 111 cm³/mol. The number of hydrogen-bond acceptors (Lipinski definition) is 9. The molecule has 0 aromatic carbocycles. The summed E-state index contributed by atoms with van der Waals surface area (Å²) in [5.74, 6) is -1.04. The molecule has 1 aromatic heterocycles. The van der Waals surface area contributed by atoms with Crippen LogP contribution in [0.4, 0.5) is 11.6 Å². The van der Waals surface area contributed by atoms with E-state index in [1.807, 2.05) is 0 Å². The molecule has 0 bridgehead atoms. The molecule has 1 aromatic rings. The molecule has 0 atom stereocenters. The summed E-state index contributed by atoms with van der Waals surface area (Å²) in [4.78, 5) is 22.0. The molecule has 162 valence electrons. The summed E-state index contributed by atoms with van der Waals surface area (Å²) in [6.07, 6.45) is 4.04. The first-order chi connectivity index (χ1) is 13.9. The molecule has 1 amide bonds. The van der Waals surface area contributed by atoms with Crippen molar-refractivity contribution in [3.8, 4) is 0 Å². The number of unbranched alkanes of at least 4 members (excludes halogenated alkanes) is 1. The molecule has 1 fully saturated rings. The first kappa shape index (κ1) is 23.1. The average Bonchev–Trinajstić information content (AvgIpc) is 2.69. The lowest BCUT2D eigenvalue weighted by Crippen LogP contribution is -2.41. The maximum atomic E-state index is 12.1. The van der Waals surface area contributed by atoms with Crippen molar-refractivity contribution >= 4 is 35.1 Å². The Hall–Kier alpha value is -2.21. The van der Waals surface area contributed by atoms with Gasteiger partial charge in [-0.2, -0.15) is 0 Å². The van der Waals surface area contributed by atoms with Crippen LogP contribution in [0, 0.1) is 5.41 Å². The van der Waals surface area contributed by atoms with E-state index in [1.165, 1.54) is 0 Å². The van der Waals surface area contributed by atoms with Crippen LogP contribution in [0.3, 0.4) is 0 Å². The maximum Gasteiger partial charge on any atom is 0.280 e. The van der Waals surface area contributed by atoms with E-state index in [0.717, 1.165) is 45.3 Å². The van der Waals surface area contributed by atoms with E-state index >= 15 is 0 Å². The minimum Gasteiger partial charge on any atom is -0.394 e.